The fourth-order valence-electron chi connectivity index (χ4n) is 2.89. The van der Waals surface area contributed by atoms with Crippen molar-refractivity contribution < 1.29 is 9.59 Å². The molecule has 0 radical (unpaired) electrons. The van der Waals surface area contributed by atoms with Crippen LogP contribution >= 0.6 is 0 Å². The summed E-state index contributed by atoms with van der Waals surface area (Å²) in [6.07, 6.45) is 2.48. The summed E-state index contributed by atoms with van der Waals surface area (Å²) >= 11 is 0. The molecule has 0 aromatic rings. The molecule has 2 heterocycles. The van der Waals surface area contributed by atoms with E-state index in [9.17, 15) is 9.59 Å². The van der Waals surface area contributed by atoms with Crippen LogP contribution in [0.3, 0.4) is 0 Å². The second-order valence-electron chi connectivity index (χ2n) is 5.20. The summed E-state index contributed by atoms with van der Waals surface area (Å²) in [4.78, 5) is 25.4. The topological polar surface area (TPSA) is 75.4 Å². The summed E-state index contributed by atoms with van der Waals surface area (Å²) < 4.78 is 0. The van der Waals surface area contributed by atoms with E-state index in [1.54, 1.807) is 0 Å². The normalized spacial score (nSPS) is 33.0. The number of nitrogens with one attached hydrogen (secondary N) is 1. The largest absolute Gasteiger partial charge is 0.369 e. The highest BCUT2D eigenvalue weighted by Crippen LogP contribution is 2.33. The van der Waals surface area contributed by atoms with Crippen molar-refractivity contribution in [3.8, 4) is 0 Å². The Morgan fingerprint density at radius 2 is 2.29 bits per heavy atom. The third-order valence-electron chi connectivity index (χ3n) is 4.25. The van der Waals surface area contributed by atoms with Gasteiger partial charge in [0.1, 0.15) is 0 Å². The highest BCUT2D eigenvalue weighted by atomic mass is 16.2. The van der Waals surface area contributed by atoms with E-state index in [0.29, 0.717) is 19.5 Å². The molecule has 5 heteroatoms. The van der Waals surface area contributed by atoms with Crippen molar-refractivity contribution in [2.75, 3.05) is 26.2 Å². The van der Waals surface area contributed by atoms with E-state index >= 15 is 0 Å². The maximum atomic E-state index is 12.5. The zero-order valence-corrected chi connectivity index (χ0v) is 10.4. The summed E-state index contributed by atoms with van der Waals surface area (Å²) in [7, 11) is 0. The summed E-state index contributed by atoms with van der Waals surface area (Å²) in [5.41, 5.74) is 5.05. The van der Waals surface area contributed by atoms with Gasteiger partial charge in [0.15, 0.2) is 0 Å². The van der Waals surface area contributed by atoms with Crippen molar-refractivity contribution in [2.45, 2.75) is 26.2 Å². The Hall–Kier alpha value is -1.10. The van der Waals surface area contributed by atoms with E-state index < -0.39 is 0 Å². The molecule has 2 atom stereocenters. The van der Waals surface area contributed by atoms with E-state index in [1.165, 1.54) is 0 Å². The third-order valence-corrected chi connectivity index (χ3v) is 4.25. The number of amides is 2. The van der Waals surface area contributed by atoms with Gasteiger partial charge in [-0.15, -0.1) is 0 Å². The summed E-state index contributed by atoms with van der Waals surface area (Å²) in [6.45, 7) is 4.92. The maximum absolute atomic E-state index is 12.5. The molecule has 0 aliphatic carbocycles. The number of nitrogens with two attached hydrogens (primary N) is 1. The third kappa shape index (κ3) is 2.16. The van der Waals surface area contributed by atoms with Crippen molar-refractivity contribution in [3.63, 3.8) is 0 Å². The number of rotatable bonds is 3. The number of hydrogen-bond donors (Lipinski definition) is 2. The molecule has 2 aliphatic rings. The molecule has 0 spiro atoms. The SMILES string of the molecule is CCC1(C(=O)N2CCC(C(N)=O)C2)CCNC1. The van der Waals surface area contributed by atoms with Gasteiger partial charge in [0.2, 0.25) is 11.8 Å². The van der Waals surface area contributed by atoms with Gasteiger partial charge in [-0.3, -0.25) is 9.59 Å². The van der Waals surface area contributed by atoms with E-state index in [4.69, 9.17) is 5.73 Å². The number of hydrogen-bond acceptors (Lipinski definition) is 3. The lowest BCUT2D eigenvalue weighted by Crippen LogP contribution is -2.44. The number of primary amides is 1. The number of carbonyl (C=O) groups is 2. The minimum absolute atomic E-state index is 0.151. The molecule has 3 N–H and O–H groups in total. The Labute approximate surface area is 102 Å². The van der Waals surface area contributed by atoms with Gasteiger partial charge >= 0.3 is 0 Å². The zero-order valence-electron chi connectivity index (χ0n) is 10.4. The molecule has 0 aromatic heterocycles. The molecule has 2 unspecified atom stereocenters. The maximum Gasteiger partial charge on any atom is 0.230 e. The van der Waals surface area contributed by atoms with Crippen LogP contribution < -0.4 is 11.1 Å². The Kier molecular flexibility index (Phi) is 3.38. The van der Waals surface area contributed by atoms with Crippen LogP contribution in [-0.4, -0.2) is 42.9 Å². The van der Waals surface area contributed by atoms with Crippen LogP contribution in [-0.2, 0) is 9.59 Å². The van der Waals surface area contributed by atoms with Crippen LogP contribution in [0.25, 0.3) is 0 Å². The smallest absolute Gasteiger partial charge is 0.230 e. The standard InChI is InChI=1S/C12H21N3O2/c1-2-12(4-5-14-8-12)11(17)15-6-3-9(7-15)10(13)16/h9,14H,2-8H2,1H3,(H2,13,16). The van der Waals surface area contributed by atoms with Crippen LogP contribution in [0.4, 0.5) is 0 Å². The summed E-state index contributed by atoms with van der Waals surface area (Å²) in [5.74, 6) is -0.230. The van der Waals surface area contributed by atoms with Gasteiger partial charge < -0.3 is 16.0 Å². The van der Waals surface area contributed by atoms with E-state index in [1.807, 2.05) is 4.90 Å². The van der Waals surface area contributed by atoms with E-state index in [-0.39, 0.29) is 23.1 Å². The van der Waals surface area contributed by atoms with Crippen molar-refractivity contribution in [1.82, 2.24) is 10.2 Å². The first-order chi connectivity index (χ1) is 8.09. The van der Waals surface area contributed by atoms with Crippen molar-refractivity contribution in [3.05, 3.63) is 0 Å². The molecule has 0 bridgehead atoms. The molecule has 2 fully saturated rings. The Morgan fingerprint density at radius 3 is 2.76 bits per heavy atom. The van der Waals surface area contributed by atoms with Gasteiger partial charge in [0, 0.05) is 19.6 Å². The first kappa shape index (κ1) is 12.4. The summed E-state index contributed by atoms with van der Waals surface area (Å²) in [5, 5.41) is 3.26. The van der Waals surface area contributed by atoms with E-state index in [2.05, 4.69) is 12.2 Å². The monoisotopic (exact) mass is 239 g/mol. The Bertz CT molecular complexity index is 324. The van der Waals surface area contributed by atoms with Gasteiger partial charge in [-0.1, -0.05) is 6.92 Å². The van der Waals surface area contributed by atoms with Gasteiger partial charge in [0.05, 0.1) is 11.3 Å². The van der Waals surface area contributed by atoms with Crippen LogP contribution in [0.15, 0.2) is 0 Å². The number of nitrogens with zero attached hydrogens (tertiary/aromatic N) is 1. The van der Waals surface area contributed by atoms with Crippen molar-refractivity contribution in [1.29, 1.82) is 0 Å². The highest BCUT2D eigenvalue weighted by Gasteiger charge is 2.44. The van der Waals surface area contributed by atoms with Gasteiger partial charge in [0.25, 0.3) is 0 Å². The Morgan fingerprint density at radius 1 is 1.53 bits per heavy atom. The number of carbonyl (C=O) groups excluding carboxylic acids is 2. The highest BCUT2D eigenvalue weighted by molar-refractivity contribution is 5.85. The van der Waals surface area contributed by atoms with Crippen LogP contribution in [0.2, 0.25) is 0 Å². The predicted molar refractivity (Wildman–Crippen MR) is 64.1 cm³/mol. The fourth-order valence-corrected chi connectivity index (χ4v) is 2.89. The lowest BCUT2D eigenvalue weighted by atomic mass is 9.83. The molecule has 17 heavy (non-hydrogen) atoms. The summed E-state index contributed by atoms with van der Waals surface area (Å²) in [6, 6.07) is 0. The lowest BCUT2D eigenvalue weighted by Gasteiger charge is -2.30. The van der Waals surface area contributed by atoms with Gasteiger partial charge in [-0.2, -0.15) is 0 Å². The molecule has 0 saturated carbocycles. The predicted octanol–water partition coefficient (Wildman–Crippen LogP) is -0.290. The molecule has 2 saturated heterocycles. The van der Waals surface area contributed by atoms with Gasteiger partial charge in [-0.05, 0) is 25.8 Å². The first-order valence-electron chi connectivity index (χ1n) is 6.38. The zero-order chi connectivity index (χ0) is 12.5. The molecule has 96 valence electrons. The fraction of sp³-hybridized carbons (Fsp3) is 0.833. The minimum atomic E-state index is -0.282. The molecule has 0 aromatic carbocycles. The van der Waals surface area contributed by atoms with E-state index in [0.717, 1.165) is 25.9 Å². The van der Waals surface area contributed by atoms with Crippen LogP contribution in [0, 0.1) is 11.3 Å². The minimum Gasteiger partial charge on any atom is -0.369 e. The molecular weight excluding hydrogens is 218 g/mol. The average molecular weight is 239 g/mol. The first-order valence-corrected chi connectivity index (χ1v) is 6.38. The van der Waals surface area contributed by atoms with Crippen LogP contribution in [0.1, 0.15) is 26.2 Å². The molecule has 2 rings (SSSR count). The lowest BCUT2D eigenvalue weighted by molar-refractivity contribution is -0.140. The number of likely N-dealkylation sites (tertiary alicyclic amines) is 1. The van der Waals surface area contributed by atoms with Crippen molar-refractivity contribution >= 4 is 11.8 Å². The van der Waals surface area contributed by atoms with Crippen LogP contribution in [0.5, 0.6) is 0 Å². The molecule has 2 amide bonds. The Balaban J connectivity index is 2.03. The quantitative estimate of drug-likeness (QED) is 0.710. The second-order valence-corrected chi connectivity index (χ2v) is 5.20. The molecule has 2 aliphatic heterocycles. The molecule has 5 nitrogen and oxygen atoms in total. The average Bonchev–Trinajstić information content (AvgIpc) is 2.98. The second kappa shape index (κ2) is 4.64. The van der Waals surface area contributed by atoms with Gasteiger partial charge in [-0.25, -0.2) is 0 Å². The molecular formula is C12H21N3O2. The van der Waals surface area contributed by atoms with Crippen molar-refractivity contribution in [2.24, 2.45) is 17.1 Å².